The van der Waals surface area contributed by atoms with Gasteiger partial charge in [-0.15, -0.1) is 5.10 Å². The molecule has 2 heterocycles. The van der Waals surface area contributed by atoms with E-state index in [0.717, 1.165) is 0 Å². The third-order valence-electron chi connectivity index (χ3n) is 5.04. The number of nitrogens with zero attached hydrogens (tertiary/aromatic N) is 3. The number of amides is 1. The summed E-state index contributed by atoms with van der Waals surface area (Å²) in [5.41, 5.74) is 1.47. The van der Waals surface area contributed by atoms with Crippen LogP contribution in [0.2, 0.25) is 5.02 Å². The van der Waals surface area contributed by atoms with Crippen LogP contribution in [0, 0.1) is 0 Å². The monoisotopic (exact) mass is 478 g/mol. The standard InChI is InChI=1S/C22H15ClN6O3S/c23-14-9-10-17(16(12-14)21-26-28-29-27-21)25-22(30)18-11-13-5-4-8-19(20(13)24-18)33(31,32)15-6-2-1-3-7-15/h1-12,24H,(H,25,30)(H,26,27,28,29). The van der Waals surface area contributed by atoms with E-state index in [0.29, 0.717) is 33.0 Å². The fourth-order valence-electron chi connectivity index (χ4n) is 3.49. The first-order chi connectivity index (χ1) is 15.9. The predicted molar refractivity (Wildman–Crippen MR) is 123 cm³/mol. The van der Waals surface area contributed by atoms with Crippen LogP contribution in [-0.4, -0.2) is 39.9 Å². The number of benzene rings is 3. The first-order valence-electron chi connectivity index (χ1n) is 9.70. The summed E-state index contributed by atoms with van der Waals surface area (Å²) in [4.78, 5) is 16.3. The molecule has 164 valence electrons. The highest BCUT2D eigenvalue weighted by Gasteiger charge is 2.22. The van der Waals surface area contributed by atoms with Crippen LogP contribution in [0.3, 0.4) is 0 Å². The van der Waals surface area contributed by atoms with E-state index in [1.165, 1.54) is 18.2 Å². The van der Waals surface area contributed by atoms with Gasteiger partial charge in [0.25, 0.3) is 5.91 Å². The molecule has 0 spiro atoms. The van der Waals surface area contributed by atoms with E-state index >= 15 is 0 Å². The summed E-state index contributed by atoms with van der Waals surface area (Å²) in [6, 6.07) is 19.5. The summed E-state index contributed by atoms with van der Waals surface area (Å²) >= 11 is 6.09. The van der Waals surface area contributed by atoms with E-state index in [9.17, 15) is 13.2 Å². The SMILES string of the molecule is O=C(Nc1ccc(Cl)cc1-c1nnn[nH]1)c1cc2cccc(S(=O)(=O)c3ccccc3)c2[nH]1. The number of nitrogens with one attached hydrogen (secondary N) is 3. The number of anilines is 1. The molecule has 0 aliphatic carbocycles. The smallest absolute Gasteiger partial charge is 0.272 e. The van der Waals surface area contributed by atoms with E-state index in [1.807, 2.05) is 0 Å². The van der Waals surface area contributed by atoms with Crippen molar-refractivity contribution in [3.05, 3.63) is 83.5 Å². The van der Waals surface area contributed by atoms with Gasteiger partial charge in [0.1, 0.15) is 5.69 Å². The zero-order chi connectivity index (χ0) is 23.0. The number of rotatable bonds is 5. The minimum Gasteiger partial charge on any atom is -0.349 e. The molecule has 0 aliphatic heterocycles. The van der Waals surface area contributed by atoms with Gasteiger partial charge in [0.2, 0.25) is 9.84 Å². The number of aromatic amines is 2. The van der Waals surface area contributed by atoms with Crippen LogP contribution in [0.4, 0.5) is 5.69 Å². The number of H-pyrrole nitrogens is 2. The normalized spacial score (nSPS) is 11.5. The average Bonchev–Trinajstić information content (AvgIpc) is 3.50. The Kier molecular flexibility index (Phi) is 5.15. The molecule has 0 bridgehead atoms. The van der Waals surface area contributed by atoms with Crippen molar-refractivity contribution in [3.63, 3.8) is 0 Å². The fraction of sp³-hybridized carbons (Fsp3) is 0. The summed E-state index contributed by atoms with van der Waals surface area (Å²) in [6.45, 7) is 0. The number of sulfone groups is 1. The first kappa shape index (κ1) is 20.9. The fourth-order valence-corrected chi connectivity index (χ4v) is 5.12. The Hall–Kier alpha value is -4.02. The Morgan fingerprint density at radius 1 is 0.970 bits per heavy atom. The molecule has 0 radical (unpaired) electrons. The van der Waals surface area contributed by atoms with Gasteiger partial charge in [-0.3, -0.25) is 4.79 Å². The van der Waals surface area contributed by atoms with E-state index in [1.54, 1.807) is 54.6 Å². The Morgan fingerprint density at radius 3 is 2.55 bits per heavy atom. The molecular weight excluding hydrogens is 464 g/mol. The molecule has 5 aromatic rings. The minimum atomic E-state index is -3.78. The van der Waals surface area contributed by atoms with Crippen molar-refractivity contribution >= 4 is 43.9 Å². The third-order valence-corrected chi connectivity index (χ3v) is 7.08. The second kappa shape index (κ2) is 8.15. The second-order valence-corrected chi connectivity index (χ2v) is 9.47. The first-order valence-corrected chi connectivity index (χ1v) is 11.6. The maximum atomic E-state index is 13.2. The molecule has 3 aromatic carbocycles. The predicted octanol–water partition coefficient (Wildman–Crippen LogP) is 4.09. The lowest BCUT2D eigenvalue weighted by atomic mass is 10.1. The van der Waals surface area contributed by atoms with Crippen molar-refractivity contribution in [2.24, 2.45) is 0 Å². The number of para-hydroxylation sites is 1. The number of hydrogen-bond donors (Lipinski definition) is 3. The van der Waals surface area contributed by atoms with Crippen LogP contribution < -0.4 is 5.32 Å². The third kappa shape index (κ3) is 3.86. The van der Waals surface area contributed by atoms with Crippen molar-refractivity contribution in [1.29, 1.82) is 0 Å². The topological polar surface area (TPSA) is 133 Å². The van der Waals surface area contributed by atoms with Crippen LogP contribution in [-0.2, 0) is 9.84 Å². The molecule has 9 nitrogen and oxygen atoms in total. The number of aromatic nitrogens is 5. The molecule has 0 saturated heterocycles. The van der Waals surface area contributed by atoms with Crippen molar-refractivity contribution in [1.82, 2.24) is 25.6 Å². The molecule has 0 atom stereocenters. The van der Waals surface area contributed by atoms with E-state index in [4.69, 9.17) is 11.6 Å². The van der Waals surface area contributed by atoms with Crippen LogP contribution >= 0.6 is 11.6 Å². The quantitative estimate of drug-likeness (QED) is 0.348. The number of carbonyl (C=O) groups is 1. The Labute approximate surface area is 192 Å². The summed E-state index contributed by atoms with van der Waals surface area (Å²) in [5.74, 6) is -0.133. The summed E-state index contributed by atoms with van der Waals surface area (Å²) in [5, 5.41) is 17.4. The number of hydrogen-bond acceptors (Lipinski definition) is 6. The highest BCUT2D eigenvalue weighted by atomic mass is 35.5. The zero-order valence-corrected chi connectivity index (χ0v) is 18.4. The maximum Gasteiger partial charge on any atom is 0.272 e. The van der Waals surface area contributed by atoms with Gasteiger partial charge in [0, 0.05) is 16.0 Å². The molecule has 1 amide bonds. The molecule has 0 unspecified atom stereocenters. The zero-order valence-electron chi connectivity index (χ0n) is 16.8. The second-order valence-electron chi connectivity index (χ2n) is 7.11. The molecule has 5 rings (SSSR count). The Morgan fingerprint density at radius 2 is 1.79 bits per heavy atom. The van der Waals surface area contributed by atoms with Gasteiger partial charge < -0.3 is 10.3 Å². The van der Waals surface area contributed by atoms with Gasteiger partial charge in [0.05, 0.1) is 21.0 Å². The van der Waals surface area contributed by atoms with Gasteiger partial charge in [0.15, 0.2) is 5.82 Å². The molecular formula is C22H15ClN6O3S. The van der Waals surface area contributed by atoms with E-state index in [-0.39, 0.29) is 15.5 Å². The summed E-state index contributed by atoms with van der Waals surface area (Å²) in [6.07, 6.45) is 0. The van der Waals surface area contributed by atoms with Crippen LogP contribution in [0.15, 0.2) is 82.6 Å². The van der Waals surface area contributed by atoms with Gasteiger partial charge in [-0.25, -0.2) is 13.5 Å². The van der Waals surface area contributed by atoms with Crippen LogP contribution in [0.25, 0.3) is 22.3 Å². The number of carbonyl (C=O) groups excluding carboxylic acids is 1. The van der Waals surface area contributed by atoms with Crippen LogP contribution in [0.1, 0.15) is 10.5 Å². The summed E-state index contributed by atoms with van der Waals surface area (Å²) < 4.78 is 26.3. The molecule has 33 heavy (non-hydrogen) atoms. The average molecular weight is 479 g/mol. The number of fused-ring (bicyclic) bond motifs is 1. The lowest BCUT2D eigenvalue weighted by Crippen LogP contribution is -2.13. The van der Waals surface area contributed by atoms with Gasteiger partial charge in [-0.05, 0) is 52.9 Å². The van der Waals surface area contributed by atoms with Gasteiger partial charge >= 0.3 is 0 Å². The lowest BCUT2D eigenvalue weighted by Gasteiger charge is -2.09. The highest BCUT2D eigenvalue weighted by molar-refractivity contribution is 7.91. The van der Waals surface area contributed by atoms with Crippen molar-refractivity contribution in [2.75, 3.05) is 5.32 Å². The number of halogens is 1. The highest BCUT2D eigenvalue weighted by Crippen LogP contribution is 2.30. The molecule has 11 heteroatoms. The van der Waals surface area contributed by atoms with Gasteiger partial charge in [-0.1, -0.05) is 41.9 Å². The molecule has 0 saturated carbocycles. The largest absolute Gasteiger partial charge is 0.349 e. The summed E-state index contributed by atoms with van der Waals surface area (Å²) in [7, 11) is -3.78. The maximum absolute atomic E-state index is 13.2. The molecule has 0 fully saturated rings. The Bertz CT molecular complexity index is 1580. The molecule has 3 N–H and O–H groups in total. The van der Waals surface area contributed by atoms with Crippen LogP contribution in [0.5, 0.6) is 0 Å². The van der Waals surface area contributed by atoms with E-state index in [2.05, 4.69) is 30.9 Å². The Balaban J connectivity index is 1.53. The van der Waals surface area contributed by atoms with Crippen molar-refractivity contribution in [3.8, 4) is 11.4 Å². The number of tetrazole rings is 1. The van der Waals surface area contributed by atoms with Gasteiger partial charge in [-0.2, -0.15) is 0 Å². The van der Waals surface area contributed by atoms with E-state index < -0.39 is 15.7 Å². The minimum absolute atomic E-state index is 0.0881. The van der Waals surface area contributed by atoms with Crippen molar-refractivity contribution < 1.29 is 13.2 Å². The van der Waals surface area contributed by atoms with Crippen molar-refractivity contribution in [2.45, 2.75) is 9.79 Å². The molecule has 0 aliphatic rings. The molecule has 2 aromatic heterocycles. The lowest BCUT2D eigenvalue weighted by molar-refractivity contribution is 0.102.